The molecule has 2 aliphatic heterocycles. The molecule has 158 valence electrons. The van der Waals surface area contributed by atoms with E-state index in [0.717, 1.165) is 15.8 Å². The normalized spacial score (nSPS) is 19.6. The molecule has 0 radical (unpaired) electrons. The number of hydrogen-bond acceptors (Lipinski definition) is 6. The van der Waals surface area contributed by atoms with Crippen LogP contribution in [-0.2, 0) is 16.4 Å². The van der Waals surface area contributed by atoms with Crippen molar-refractivity contribution in [2.45, 2.75) is 30.9 Å². The van der Waals surface area contributed by atoms with Crippen molar-refractivity contribution in [1.82, 2.24) is 19.8 Å². The molecule has 0 N–H and O–H groups in total. The number of benzene rings is 1. The van der Waals surface area contributed by atoms with Crippen molar-refractivity contribution < 1.29 is 17.2 Å². The number of piperidine rings is 1. The van der Waals surface area contributed by atoms with Gasteiger partial charge in [0.25, 0.3) is 6.43 Å². The van der Waals surface area contributed by atoms with E-state index < -0.39 is 27.5 Å². The molecule has 2 aromatic heterocycles. The van der Waals surface area contributed by atoms with Crippen LogP contribution in [0.5, 0.6) is 0 Å². The minimum absolute atomic E-state index is 0.226. The molecule has 0 spiro atoms. The van der Waals surface area contributed by atoms with Crippen LogP contribution >= 0.6 is 0 Å². The highest BCUT2D eigenvalue weighted by Gasteiger charge is 2.38. The van der Waals surface area contributed by atoms with Crippen LogP contribution in [0.15, 0.2) is 36.4 Å². The van der Waals surface area contributed by atoms with Gasteiger partial charge in [0.1, 0.15) is 5.82 Å². The van der Waals surface area contributed by atoms with E-state index in [1.165, 1.54) is 4.31 Å². The zero-order chi connectivity index (χ0) is 20.9. The van der Waals surface area contributed by atoms with Crippen molar-refractivity contribution >= 4 is 27.2 Å². The van der Waals surface area contributed by atoms with E-state index in [4.69, 9.17) is 0 Å². The lowest BCUT2D eigenvalue weighted by molar-refractivity contribution is 0.137. The summed E-state index contributed by atoms with van der Waals surface area (Å²) in [6, 6.07) is 10.8. The first-order chi connectivity index (χ1) is 14.4. The van der Waals surface area contributed by atoms with Crippen molar-refractivity contribution in [3.63, 3.8) is 0 Å². The molecular formula is C19H20F2N6O2S. The monoisotopic (exact) mass is 434 g/mol. The van der Waals surface area contributed by atoms with Crippen LogP contribution in [0.3, 0.4) is 0 Å². The van der Waals surface area contributed by atoms with Crippen molar-refractivity contribution in [1.29, 1.82) is 0 Å². The lowest BCUT2D eigenvalue weighted by Gasteiger charge is -2.35. The van der Waals surface area contributed by atoms with Crippen molar-refractivity contribution in [2.75, 3.05) is 28.8 Å². The van der Waals surface area contributed by atoms with Gasteiger partial charge in [0.2, 0.25) is 15.8 Å². The van der Waals surface area contributed by atoms with Crippen LogP contribution in [0, 0.1) is 0 Å². The van der Waals surface area contributed by atoms with E-state index in [0.29, 0.717) is 38.2 Å². The Labute approximate surface area is 172 Å². The van der Waals surface area contributed by atoms with Gasteiger partial charge in [-0.25, -0.2) is 17.2 Å². The third-order valence-electron chi connectivity index (χ3n) is 5.74. The van der Waals surface area contributed by atoms with Crippen molar-refractivity contribution in [3.8, 4) is 0 Å². The van der Waals surface area contributed by atoms with Gasteiger partial charge in [-0.05, 0) is 43.0 Å². The summed E-state index contributed by atoms with van der Waals surface area (Å²) < 4.78 is 55.6. The van der Waals surface area contributed by atoms with Gasteiger partial charge in [0.15, 0.2) is 5.65 Å². The summed E-state index contributed by atoms with van der Waals surface area (Å²) in [4.78, 5) is 1.84. The molecule has 3 aromatic rings. The number of fused-ring (bicyclic) bond motifs is 2. The zero-order valence-electron chi connectivity index (χ0n) is 16.0. The highest BCUT2D eigenvalue weighted by Crippen LogP contribution is 2.33. The number of alkyl halides is 2. The molecule has 0 saturated carbocycles. The fourth-order valence-electron chi connectivity index (χ4n) is 4.24. The third-order valence-corrected chi connectivity index (χ3v) is 7.96. The van der Waals surface area contributed by atoms with Crippen molar-refractivity contribution in [2.24, 2.45) is 0 Å². The molecule has 0 amide bonds. The van der Waals surface area contributed by atoms with Crippen LogP contribution < -0.4 is 9.21 Å². The maximum atomic E-state index is 13.4. The lowest BCUT2D eigenvalue weighted by atomic mass is 10.1. The Morgan fingerprint density at radius 1 is 1.07 bits per heavy atom. The van der Waals surface area contributed by atoms with Crippen LogP contribution in [-0.4, -0.2) is 53.1 Å². The van der Waals surface area contributed by atoms with Crippen LogP contribution in [0.4, 0.5) is 20.3 Å². The van der Waals surface area contributed by atoms with Crippen molar-refractivity contribution in [3.05, 3.63) is 47.8 Å². The lowest BCUT2D eigenvalue weighted by Crippen LogP contribution is -2.48. The van der Waals surface area contributed by atoms with Gasteiger partial charge >= 0.3 is 0 Å². The molecule has 2 aliphatic rings. The Balaban J connectivity index is 1.42. The van der Waals surface area contributed by atoms with E-state index in [9.17, 15) is 17.2 Å². The van der Waals surface area contributed by atoms with Gasteiger partial charge in [-0.3, -0.25) is 4.31 Å². The Morgan fingerprint density at radius 3 is 2.73 bits per heavy atom. The molecule has 0 aliphatic carbocycles. The number of rotatable bonds is 4. The number of hydrogen-bond donors (Lipinski definition) is 0. The molecule has 1 fully saturated rings. The second kappa shape index (κ2) is 7.15. The summed E-state index contributed by atoms with van der Waals surface area (Å²) in [7, 11) is -3.56. The van der Waals surface area contributed by atoms with E-state index in [-0.39, 0.29) is 12.2 Å². The number of sulfonamides is 1. The highest BCUT2D eigenvalue weighted by atomic mass is 32.2. The SMILES string of the molecule is O=S(=O)(C1CCCN(c2ccc3nnc(C(F)F)n3n2)C1)N1CCc2ccccc21. The third kappa shape index (κ3) is 3.08. The Kier molecular flexibility index (Phi) is 4.57. The highest BCUT2D eigenvalue weighted by molar-refractivity contribution is 7.93. The van der Waals surface area contributed by atoms with E-state index in [1.54, 1.807) is 12.1 Å². The van der Waals surface area contributed by atoms with Gasteiger partial charge < -0.3 is 4.90 Å². The van der Waals surface area contributed by atoms with Crippen LogP contribution in [0.2, 0.25) is 0 Å². The number of para-hydroxylation sites is 1. The van der Waals surface area contributed by atoms with Gasteiger partial charge in [-0.2, -0.15) is 4.52 Å². The molecule has 5 rings (SSSR count). The van der Waals surface area contributed by atoms with E-state index in [1.807, 2.05) is 29.2 Å². The quantitative estimate of drug-likeness (QED) is 0.627. The molecule has 11 heteroatoms. The first kappa shape index (κ1) is 19.2. The van der Waals surface area contributed by atoms with Gasteiger partial charge in [-0.15, -0.1) is 15.3 Å². The maximum absolute atomic E-state index is 13.4. The Hall–Kier alpha value is -2.82. The predicted molar refractivity (Wildman–Crippen MR) is 107 cm³/mol. The number of halogens is 2. The molecule has 30 heavy (non-hydrogen) atoms. The summed E-state index contributed by atoms with van der Waals surface area (Å²) in [5.74, 6) is -0.0902. The maximum Gasteiger partial charge on any atom is 0.299 e. The smallest absolute Gasteiger partial charge is 0.299 e. The molecule has 4 heterocycles. The minimum Gasteiger partial charge on any atom is -0.354 e. The van der Waals surface area contributed by atoms with Gasteiger partial charge in [0, 0.05) is 19.6 Å². The van der Waals surface area contributed by atoms with E-state index in [2.05, 4.69) is 15.3 Å². The second-order valence-corrected chi connectivity index (χ2v) is 9.66. The number of anilines is 2. The Bertz CT molecular complexity index is 1200. The first-order valence-corrected chi connectivity index (χ1v) is 11.3. The fourth-order valence-corrected chi connectivity index (χ4v) is 6.23. The average Bonchev–Trinajstić information content (AvgIpc) is 3.38. The summed E-state index contributed by atoms with van der Waals surface area (Å²) in [5.41, 5.74) is 2.01. The summed E-state index contributed by atoms with van der Waals surface area (Å²) in [6.07, 6.45) is -0.876. The summed E-state index contributed by atoms with van der Waals surface area (Å²) >= 11 is 0. The molecule has 8 nitrogen and oxygen atoms in total. The molecule has 1 aromatic carbocycles. The topological polar surface area (TPSA) is 83.7 Å². The first-order valence-electron chi connectivity index (χ1n) is 9.80. The summed E-state index contributed by atoms with van der Waals surface area (Å²) in [5, 5.41) is 10.9. The molecule has 1 saturated heterocycles. The van der Waals surface area contributed by atoms with E-state index >= 15 is 0 Å². The predicted octanol–water partition coefficient (Wildman–Crippen LogP) is 2.42. The fraction of sp³-hybridized carbons (Fsp3) is 0.421. The molecular weight excluding hydrogens is 414 g/mol. The molecule has 1 atom stereocenters. The second-order valence-electron chi connectivity index (χ2n) is 7.53. The van der Waals surface area contributed by atoms with Crippen LogP contribution in [0.25, 0.3) is 5.65 Å². The number of nitrogens with zero attached hydrogens (tertiary/aromatic N) is 6. The Morgan fingerprint density at radius 2 is 1.90 bits per heavy atom. The molecule has 1 unspecified atom stereocenters. The summed E-state index contributed by atoms with van der Waals surface area (Å²) in [6.45, 7) is 1.31. The molecule has 0 bridgehead atoms. The largest absolute Gasteiger partial charge is 0.354 e. The van der Waals surface area contributed by atoms with Crippen LogP contribution in [0.1, 0.15) is 30.7 Å². The average molecular weight is 434 g/mol. The van der Waals surface area contributed by atoms with Gasteiger partial charge in [-0.1, -0.05) is 18.2 Å². The van der Waals surface area contributed by atoms with Gasteiger partial charge in [0.05, 0.1) is 10.9 Å². The minimum atomic E-state index is -3.56. The zero-order valence-corrected chi connectivity index (χ0v) is 16.8. The standard InChI is InChI=1S/C19H20F2N6O2S/c20-18(21)19-23-22-16-7-8-17(24-27(16)19)25-10-3-5-14(12-25)30(28,29)26-11-9-13-4-1-2-6-15(13)26/h1-2,4,6-8,14,18H,3,5,9-12H2. The number of aromatic nitrogens is 4.